The van der Waals surface area contributed by atoms with Crippen molar-refractivity contribution in [1.29, 1.82) is 0 Å². The van der Waals surface area contributed by atoms with Crippen LogP contribution in [-0.4, -0.2) is 43.7 Å². The van der Waals surface area contributed by atoms with Crippen LogP contribution in [0.4, 0.5) is 5.00 Å². The fourth-order valence-corrected chi connectivity index (χ4v) is 4.83. The number of aryl methyl sites for hydroxylation is 1. The van der Waals surface area contributed by atoms with Gasteiger partial charge in [-0.2, -0.15) is 0 Å². The van der Waals surface area contributed by atoms with Crippen molar-refractivity contribution in [3.63, 3.8) is 0 Å². The third-order valence-corrected chi connectivity index (χ3v) is 6.50. The van der Waals surface area contributed by atoms with Crippen molar-refractivity contribution >= 4 is 57.2 Å². The highest BCUT2D eigenvalue weighted by atomic mass is 127. The molecule has 0 spiro atoms. The number of piperidine rings is 1. The van der Waals surface area contributed by atoms with E-state index < -0.39 is 0 Å². The van der Waals surface area contributed by atoms with Crippen LogP contribution in [0.2, 0.25) is 0 Å². The van der Waals surface area contributed by atoms with Crippen LogP contribution in [-0.2, 0) is 6.42 Å². The van der Waals surface area contributed by atoms with Crippen molar-refractivity contribution in [3.8, 4) is 0 Å². The van der Waals surface area contributed by atoms with E-state index in [1.807, 2.05) is 18.4 Å². The van der Waals surface area contributed by atoms with Gasteiger partial charge < -0.3 is 20.5 Å². The number of benzene rings is 1. The SMILES string of the molecule is CN=C(NCCc1c(C)[nH]c2ccccc12)NC1CCN(c2cccs2)CC1.I. The topological polar surface area (TPSA) is 55.5 Å². The molecule has 0 bridgehead atoms. The summed E-state index contributed by atoms with van der Waals surface area (Å²) in [5.74, 6) is 0.909. The van der Waals surface area contributed by atoms with Crippen molar-refractivity contribution in [2.24, 2.45) is 4.99 Å². The minimum Gasteiger partial charge on any atom is -0.363 e. The number of nitrogens with zero attached hydrogens (tertiary/aromatic N) is 2. The van der Waals surface area contributed by atoms with Crippen molar-refractivity contribution in [2.75, 3.05) is 31.6 Å². The molecule has 3 heterocycles. The lowest BCUT2D eigenvalue weighted by Crippen LogP contribution is -2.49. The van der Waals surface area contributed by atoms with E-state index in [1.165, 1.54) is 27.2 Å². The molecule has 3 N–H and O–H groups in total. The molecular weight excluding hydrogens is 493 g/mol. The van der Waals surface area contributed by atoms with Gasteiger partial charge in [0.25, 0.3) is 0 Å². The van der Waals surface area contributed by atoms with E-state index in [-0.39, 0.29) is 24.0 Å². The molecule has 5 nitrogen and oxygen atoms in total. The number of aromatic amines is 1. The molecule has 1 aliphatic rings. The van der Waals surface area contributed by atoms with Gasteiger partial charge in [0.15, 0.2) is 5.96 Å². The van der Waals surface area contributed by atoms with Gasteiger partial charge in [0, 0.05) is 49.3 Å². The molecular formula is C22H30IN5S. The van der Waals surface area contributed by atoms with Crippen LogP contribution in [0.5, 0.6) is 0 Å². The first kappa shape index (κ1) is 22.0. The molecule has 0 radical (unpaired) electrons. The van der Waals surface area contributed by atoms with Crippen LogP contribution in [0.3, 0.4) is 0 Å². The smallest absolute Gasteiger partial charge is 0.191 e. The fourth-order valence-electron chi connectivity index (χ4n) is 4.04. The molecule has 29 heavy (non-hydrogen) atoms. The number of halogens is 1. The Morgan fingerprint density at radius 2 is 2.00 bits per heavy atom. The van der Waals surface area contributed by atoms with Crippen LogP contribution in [0.1, 0.15) is 24.1 Å². The second-order valence-electron chi connectivity index (χ2n) is 7.38. The van der Waals surface area contributed by atoms with Gasteiger partial charge in [-0.1, -0.05) is 18.2 Å². The zero-order valence-corrected chi connectivity index (χ0v) is 20.2. The highest BCUT2D eigenvalue weighted by Crippen LogP contribution is 2.25. The third kappa shape index (κ3) is 5.25. The monoisotopic (exact) mass is 523 g/mol. The number of H-pyrrole nitrogens is 1. The molecule has 0 aliphatic carbocycles. The molecule has 0 amide bonds. The van der Waals surface area contributed by atoms with Crippen molar-refractivity contribution in [3.05, 3.63) is 53.0 Å². The van der Waals surface area contributed by atoms with E-state index in [2.05, 4.69) is 74.2 Å². The van der Waals surface area contributed by atoms with E-state index in [4.69, 9.17) is 0 Å². The number of para-hydroxylation sites is 1. The average molecular weight is 523 g/mol. The number of rotatable bonds is 5. The number of nitrogens with one attached hydrogen (secondary N) is 3. The Labute approximate surface area is 194 Å². The summed E-state index contributed by atoms with van der Waals surface area (Å²) in [6.45, 7) is 5.23. The lowest BCUT2D eigenvalue weighted by Gasteiger charge is -2.33. The van der Waals surface area contributed by atoms with Crippen molar-refractivity contribution < 1.29 is 0 Å². The van der Waals surface area contributed by atoms with Gasteiger partial charge in [0.1, 0.15) is 0 Å². The Morgan fingerprint density at radius 1 is 1.21 bits per heavy atom. The number of hydrogen-bond donors (Lipinski definition) is 3. The molecule has 1 aromatic carbocycles. The first-order valence-electron chi connectivity index (χ1n) is 10.1. The molecule has 1 aliphatic heterocycles. The molecule has 7 heteroatoms. The zero-order chi connectivity index (χ0) is 19.3. The molecule has 1 saturated heterocycles. The van der Waals surface area contributed by atoms with Crippen LogP contribution >= 0.6 is 35.3 Å². The zero-order valence-electron chi connectivity index (χ0n) is 17.1. The summed E-state index contributed by atoms with van der Waals surface area (Å²) in [6, 6.07) is 13.4. The van der Waals surface area contributed by atoms with E-state index in [9.17, 15) is 0 Å². The first-order valence-corrected chi connectivity index (χ1v) is 10.9. The van der Waals surface area contributed by atoms with Crippen LogP contribution < -0.4 is 15.5 Å². The molecule has 0 unspecified atom stereocenters. The van der Waals surface area contributed by atoms with Crippen molar-refractivity contribution in [1.82, 2.24) is 15.6 Å². The average Bonchev–Trinajstić information content (AvgIpc) is 3.36. The molecule has 4 rings (SSSR count). The van der Waals surface area contributed by atoms with Gasteiger partial charge in [-0.05, 0) is 55.3 Å². The number of hydrogen-bond acceptors (Lipinski definition) is 3. The number of thiophene rings is 1. The van der Waals surface area contributed by atoms with E-state index >= 15 is 0 Å². The Kier molecular flexibility index (Phi) is 7.83. The highest BCUT2D eigenvalue weighted by molar-refractivity contribution is 14.0. The van der Waals surface area contributed by atoms with Crippen LogP contribution in [0.15, 0.2) is 46.8 Å². The number of guanidine groups is 1. The quantitative estimate of drug-likeness (QED) is 0.262. The van der Waals surface area contributed by atoms with Crippen LogP contribution in [0, 0.1) is 6.92 Å². The summed E-state index contributed by atoms with van der Waals surface area (Å²) >= 11 is 1.83. The molecule has 3 aromatic rings. The summed E-state index contributed by atoms with van der Waals surface area (Å²) in [5.41, 5.74) is 3.87. The van der Waals surface area contributed by atoms with E-state index in [0.717, 1.165) is 44.9 Å². The van der Waals surface area contributed by atoms with Gasteiger partial charge in [-0.15, -0.1) is 35.3 Å². The van der Waals surface area contributed by atoms with Gasteiger partial charge in [-0.3, -0.25) is 4.99 Å². The predicted molar refractivity (Wildman–Crippen MR) is 136 cm³/mol. The third-order valence-electron chi connectivity index (χ3n) is 5.57. The largest absolute Gasteiger partial charge is 0.363 e. The summed E-state index contributed by atoms with van der Waals surface area (Å²) < 4.78 is 0. The lowest BCUT2D eigenvalue weighted by atomic mass is 10.1. The van der Waals surface area contributed by atoms with Crippen molar-refractivity contribution in [2.45, 2.75) is 32.2 Å². The second-order valence-corrected chi connectivity index (χ2v) is 8.31. The van der Waals surface area contributed by atoms with E-state index in [1.54, 1.807) is 0 Å². The summed E-state index contributed by atoms with van der Waals surface area (Å²) in [6.07, 6.45) is 3.26. The maximum atomic E-state index is 4.43. The maximum absolute atomic E-state index is 4.43. The van der Waals surface area contributed by atoms with Gasteiger partial charge in [0.05, 0.1) is 5.00 Å². The Hall–Kier alpha value is -1.74. The number of fused-ring (bicyclic) bond motifs is 1. The molecule has 156 valence electrons. The highest BCUT2D eigenvalue weighted by Gasteiger charge is 2.20. The van der Waals surface area contributed by atoms with Gasteiger partial charge in [0.2, 0.25) is 0 Å². The summed E-state index contributed by atoms with van der Waals surface area (Å²) in [4.78, 5) is 10.4. The standard InChI is InChI=1S/C22H29N5S.HI/c1-16-18(19-6-3-4-7-20(19)25-16)9-12-24-22(23-2)26-17-10-13-27(14-11-17)21-8-5-15-28-21;/h3-8,15,17,25H,9-14H2,1-2H3,(H2,23,24,26);1H. The maximum Gasteiger partial charge on any atom is 0.191 e. The normalized spacial score (nSPS) is 15.4. The fraction of sp³-hybridized carbons (Fsp3) is 0.409. The van der Waals surface area contributed by atoms with Gasteiger partial charge in [-0.25, -0.2) is 0 Å². The second kappa shape index (κ2) is 10.3. The molecule has 0 saturated carbocycles. The summed E-state index contributed by atoms with van der Waals surface area (Å²) in [7, 11) is 1.85. The van der Waals surface area contributed by atoms with Crippen LogP contribution in [0.25, 0.3) is 10.9 Å². The minimum absolute atomic E-state index is 0. The Balaban J connectivity index is 0.00000240. The number of anilines is 1. The molecule has 1 fully saturated rings. The lowest BCUT2D eigenvalue weighted by molar-refractivity contribution is 0.463. The minimum atomic E-state index is 0. The molecule has 2 aromatic heterocycles. The molecule has 0 atom stereocenters. The first-order chi connectivity index (χ1) is 13.7. The predicted octanol–water partition coefficient (Wildman–Crippen LogP) is 4.53. The number of aromatic nitrogens is 1. The van der Waals surface area contributed by atoms with E-state index in [0.29, 0.717) is 6.04 Å². The summed E-state index contributed by atoms with van der Waals surface area (Å²) in [5, 5.41) is 12.0. The Morgan fingerprint density at radius 3 is 2.72 bits per heavy atom. The number of aliphatic imine (C=N–C) groups is 1. The Bertz CT molecular complexity index is 926. The van der Waals surface area contributed by atoms with Gasteiger partial charge >= 0.3 is 0 Å².